The summed E-state index contributed by atoms with van der Waals surface area (Å²) in [5, 5.41) is 9.05. The number of sulfonamides is 1. The molecule has 18 heavy (non-hydrogen) atoms. The van der Waals surface area contributed by atoms with Gasteiger partial charge in [-0.05, 0) is 19.4 Å². The van der Waals surface area contributed by atoms with Gasteiger partial charge in [0.25, 0.3) is 0 Å². The van der Waals surface area contributed by atoms with Crippen LogP contribution in [0.15, 0.2) is 12.3 Å². The van der Waals surface area contributed by atoms with Crippen molar-refractivity contribution in [1.29, 1.82) is 0 Å². The van der Waals surface area contributed by atoms with Crippen LogP contribution in [0.5, 0.6) is 0 Å². The third-order valence-corrected chi connectivity index (χ3v) is 3.89. The number of nitrogens with zero attached hydrogens (tertiary/aromatic N) is 1. The summed E-state index contributed by atoms with van der Waals surface area (Å²) in [4.78, 5) is 11.6. The average Bonchev–Trinajstić information content (AvgIpc) is 2.77. The van der Waals surface area contributed by atoms with Gasteiger partial charge in [-0.15, -0.1) is 0 Å². The zero-order valence-electron chi connectivity index (χ0n) is 10.4. The molecule has 0 fully saturated rings. The average molecular weight is 274 g/mol. The van der Waals surface area contributed by atoms with E-state index in [0.29, 0.717) is 13.0 Å². The second kappa shape index (κ2) is 6.50. The molecule has 1 aromatic rings. The fourth-order valence-electron chi connectivity index (χ4n) is 1.37. The van der Waals surface area contributed by atoms with Crippen LogP contribution in [0, 0.1) is 0 Å². The van der Waals surface area contributed by atoms with Gasteiger partial charge in [0.2, 0.25) is 15.9 Å². The highest BCUT2D eigenvalue weighted by Crippen LogP contribution is 1.94. The van der Waals surface area contributed by atoms with Crippen LogP contribution in [0.4, 0.5) is 0 Å². The Hall–Kier alpha value is -1.41. The molecule has 1 atom stereocenters. The molecule has 8 heteroatoms. The van der Waals surface area contributed by atoms with Crippen LogP contribution < -0.4 is 10.0 Å². The summed E-state index contributed by atoms with van der Waals surface area (Å²) >= 11 is 0. The van der Waals surface area contributed by atoms with Gasteiger partial charge in [0.1, 0.15) is 0 Å². The molecule has 1 amide bonds. The van der Waals surface area contributed by atoms with Gasteiger partial charge in [-0.25, -0.2) is 13.1 Å². The molecule has 1 aromatic heterocycles. The van der Waals surface area contributed by atoms with E-state index < -0.39 is 16.1 Å². The lowest BCUT2D eigenvalue weighted by Crippen LogP contribution is -2.45. The number of aromatic amines is 1. The van der Waals surface area contributed by atoms with Gasteiger partial charge in [0.15, 0.2) is 0 Å². The van der Waals surface area contributed by atoms with Gasteiger partial charge in [-0.1, -0.05) is 6.92 Å². The molecule has 0 aliphatic rings. The van der Waals surface area contributed by atoms with Gasteiger partial charge in [0, 0.05) is 6.20 Å². The molecule has 0 aromatic carbocycles. The highest BCUT2D eigenvalue weighted by molar-refractivity contribution is 7.89. The van der Waals surface area contributed by atoms with Crippen LogP contribution in [0.1, 0.15) is 26.0 Å². The van der Waals surface area contributed by atoms with Gasteiger partial charge in [0.05, 0.1) is 24.0 Å². The molecule has 1 unspecified atom stereocenters. The monoisotopic (exact) mass is 274 g/mol. The Labute approximate surface area is 106 Å². The molecule has 0 aliphatic heterocycles. The zero-order valence-corrected chi connectivity index (χ0v) is 11.3. The normalized spacial score (nSPS) is 13.2. The Bertz CT molecular complexity index is 469. The van der Waals surface area contributed by atoms with E-state index in [1.165, 1.54) is 6.92 Å². The molecule has 0 saturated carbocycles. The second-order valence-electron chi connectivity index (χ2n) is 3.96. The molecule has 0 radical (unpaired) electrons. The van der Waals surface area contributed by atoms with E-state index in [1.54, 1.807) is 19.2 Å². The van der Waals surface area contributed by atoms with Crippen LogP contribution >= 0.6 is 0 Å². The maximum atomic E-state index is 11.6. The highest BCUT2D eigenvalue weighted by atomic mass is 32.2. The quantitative estimate of drug-likeness (QED) is 0.637. The van der Waals surface area contributed by atoms with E-state index in [-0.39, 0.29) is 11.7 Å². The summed E-state index contributed by atoms with van der Waals surface area (Å²) in [6, 6.07) is 0.941. The smallest absolute Gasteiger partial charge is 0.238 e. The standard InChI is InChI=1S/C10H18N4O3S/c1-3-6-18(16,17)14-8(2)10(15)11-7-9-4-5-12-13-9/h4-5,8,14H,3,6-7H2,1-2H3,(H,11,15)(H,12,13). The van der Waals surface area contributed by atoms with Crippen LogP contribution in [-0.4, -0.2) is 36.3 Å². The first kappa shape index (κ1) is 14.7. The lowest BCUT2D eigenvalue weighted by molar-refractivity contribution is -0.122. The van der Waals surface area contributed by atoms with Crippen LogP contribution in [0.2, 0.25) is 0 Å². The number of carbonyl (C=O) groups is 1. The summed E-state index contributed by atoms with van der Waals surface area (Å²) in [5.41, 5.74) is 0.756. The van der Waals surface area contributed by atoms with E-state index in [1.807, 2.05) is 0 Å². The SMILES string of the molecule is CCCS(=O)(=O)NC(C)C(=O)NCc1ccn[nH]1. The number of nitrogens with one attached hydrogen (secondary N) is 3. The van der Waals surface area contributed by atoms with Crippen molar-refractivity contribution >= 4 is 15.9 Å². The van der Waals surface area contributed by atoms with E-state index in [2.05, 4.69) is 20.2 Å². The first-order chi connectivity index (χ1) is 8.44. The summed E-state index contributed by atoms with van der Waals surface area (Å²) in [7, 11) is -3.38. The molecule has 1 heterocycles. The van der Waals surface area contributed by atoms with Crippen LogP contribution in [0.3, 0.4) is 0 Å². The first-order valence-electron chi connectivity index (χ1n) is 5.70. The number of rotatable bonds is 7. The lowest BCUT2D eigenvalue weighted by Gasteiger charge is -2.13. The third-order valence-electron chi connectivity index (χ3n) is 2.23. The summed E-state index contributed by atoms with van der Waals surface area (Å²) in [5.74, 6) is -0.352. The lowest BCUT2D eigenvalue weighted by atomic mass is 10.3. The first-order valence-corrected chi connectivity index (χ1v) is 7.36. The summed E-state index contributed by atoms with van der Waals surface area (Å²) in [6.07, 6.45) is 2.09. The maximum Gasteiger partial charge on any atom is 0.238 e. The highest BCUT2D eigenvalue weighted by Gasteiger charge is 2.19. The number of amides is 1. The predicted molar refractivity (Wildman–Crippen MR) is 67.1 cm³/mol. The van der Waals surface area contributed by atoms with Crippen molar-refractivity contribution in [2.45, 2.75) is 32.9 Å². The molecule has 3 N–H and O–H groups in total. The van der Waals surface area contributed by atoms with Crippen molar-refractivity contribution < 1.29 is 13.2 Å². The molecule has 0 bridgehead atoms. The Morgan fingerprint density at radius 1 is 1.56 bits per heavy atom. The molecular weight excluding hydrogens is 256 g/mol. The van der Waals surface area contributed by atoms with Crippen molar-refractivity contribution in [3.8, 4) is 0 Å². The number of carbonyl (C=O) groups excluding carboxylic acids is 1. The second-order valence-corrected chi connectivity index (χ2v) is 5.83. The molecule has 1 rings (SSSR count). The Balaban J connectivity index is 2.42. The minimum atomic E-state index is -3.38. The van der Waals surface area contributed by atoms with Crippen molar-refractivity contribution in [2.24, 2.45) is 0 Å². The van der Waals surface area contributed by atoms with Gasteiger partial charge in [-0.2, -0.15) is 5.10 Å². The Kier molecular flexibility index (Phi) is 5.29. The topological polar surface area (TPSA) is 104 Å². The largest absolute Gasteiger partial charge is 0.349 e. The Morgan fingerprint density at radius 2 is 2.28 bits per heavy atom. The van der Waals surface area contributed by atoms with E-state index in [4.69, 9.17) is 0 Å². The van der Waals surface area contributed by atoms with Crippen molar-refractivity contribution in [2.75, 3.05) is 5.75 Å². The minimum absolute atomic E-state index is 0.0190. The predicted octanol–water partition coefficient (Wildman–Crippen LogP) is -0.256. The molecule has 7 nitrogen and oxygen atoms in total. The minimum Gasteiger partial charge on any atom is -0.349 e. The fraction of sp³-hybridized carbons (Fsp3) is 0.600. The third kappa shape index (κ3) is 4.84. The van der Waals surface area contributed by atoms with Gasteiger partial charge >= 0.3 is 0 Å². The number of H-pyrrole nitrogens is 1. The summed E-state index contributed by atoms with van der Waals surface area (Å²) in [6.45, 7) is 3.57. The van der Waals surface area contributed by atoms with Crippen LogP contribution in [-0.2, 0) is 21.4 Å². The van der Waals surface area contributed by atoms with Crippen molar-refractivity contribution in [3.63, 3.8) is 0 Å². The number of hydrogen-bond donors (Lipinski definition) is 3. The molecular formula is C10H18N4O3S. The maximum absolute atomic E-state index is 11.6. The molecule has 102 valence electrons. The number of hydrogen-bond acceptors (Lipinski definition) is 4. The van der Waals surface area contributed by atoms with Crippen molar-refractivity contribution in [1.82, 2.24) is 20.2 Å². The van der Waals surface area contributed by atoms with E-state index in [0.717, 1.165) is 5.69 Å². The Morgan fingerprint density at radius 3 is 2.83 bits per heavy atom. The summed E-state index contributed by atoms with van der Waals surface area (Å²) < 4.78 is 25.3. The molecule has 0 saturated heterocycles. The van der Waals surface area contributed by atoms with E-state index in [9.17, 15) is 13.2 Å². The number of aromatic nitrogens is 2. The molecule has 0 aliphatic carbocycles. The van der Waals surface area contributed by atoms with E-state index >= 15 is 0 Å². The van der Waals surface area contributed by atoms with Crippen LogP contribution in [0.25, 0.3) is 0 Å². The van der Waals surface area contributed by atoms with Gasteiger partial charge in [-0.3, -0.25) is 9.89 Å². The zero-order chi connectivity index (χ0) is 13.6. The molecule has 0 spiro atoms. The van der Waals surface area contributed by atoms with Crippen molar-refractivity contribution in [3.05, 3.63) is 18.0 Å². The van der Waals surface area contributed by atoms with Gasteiger partial charge < -0.3 is 5.32 Å². The fourth-order valence-corrected chi connectivity index (χ4v) is 2.67.